The van der Waals surface area contributed by atoms with Gasteiger partial charge in [-0.05, 0) is 29.8 Å². The fraction of sp³-hybridized carbons (Fsp3) is 0.417. The van der Waals surface area contributed by atoms with Crippen LogP contribution in [0.3, 0.4) is 0 Å². The zero-order chi connectivity index (χ0) is 22.3. The standard InChI is InChI=1S/C24H29N3O5/c1-30-19-8-6-18(7-9-19)21(26-11-14-31-15-12-26)16-25-23(28)17-27-20-4-2-3-5-22(20)32-13-10-24(27)29/h2-9,21H,10-17H2,1H3,(H,25,28). The quantitative estimate of drug-likeness (QED) is 0.711. The number of hydrogen-bond donors (Lipinski definition) is 1. The number of carbonyl (C=O) groups is 2. The molecule has 1 saturated heterocycles. The Morgan fingerprint density at radius 2 is 1.84 bits per heavy atom. The van der Waals surface area contributed by atoms with E-state index in [1.165, 1.54) is 4.90 Å². The Bertz CT molecular complexity index is 927. The number of ether oxygens (including phenoxy) is 3. The van der Waals surface area contributed by atoms with Crippen molar-refractivity contribution in [1.82, 2.24) is 10.2 Å². The smallest absolute Gasteiger partial charge is 0.240 e. The van der Waals surface area contributed by atoms with Crippen molar-refractivity contribution in [2.75, 3.05) is 58.0 Å². The number of para-hydroxylation sites is 2. The van der Waals surface area contributed by atoms with Gasteiger partial charge in [-0.2, -0.15) is 0 Å². The summed E-state index contributed by atoms with van der Waals surface area (Å²) in [5.41, 5.74) is 1.72. The van der Waals surface area contributed by atoms with Crippen LogP contribution in [0.2, 0.25) is 0 Å². The second-order valence-corrected chi connectivity index (χ2v) is 7.79. The summed E-state index contributed by atoms with van der Waals surface area (Å²) in [6, 6.07) is 15.2. The number of carbonyl (C=O) groups excluding carboxylic acids is 2. The summed E-state index contributed by atoms with van der Waals surface area (Å²) in [6.45, 7) is 3.62. The predicted molar refractivity (Wildman–Crippen MR) is 120 cm³/mol. The number of amides is 2. The second kappa shape index (κ2) is 10.5. The van der Waals surface area contributed by atoms with E-state index in [-0.39, 0.29) is 30.8 Å². The van der Waals surface area contributed by atoms with Crippen molar-refractivity contribution in [1.29, 1.82) is 0 Å². The van der Waals surface area contributed by atoms with Gasteiger partial charge in [0.25, 0.3) is 0 Å². The average molecular weight is 440 g/mol. The lowest BCUT2D eigenvalue weighted by Gasteiger charge is -2.35. The number of benzene rings is 2. The van der Waals surface area contributed by atoms with Crippen molar-refractivity contribution in [3.05, 3.63) is 54.1 Å². The summed E-state index contributed by atoms with van der Waals surface area (Å²) in [5, 5.41) is 3.04. The van der Waals surface area contributed by atoms with Gasteiger partial charge in [-0.25, -0.2) is 0 Å². The average Bonchev–Trinajstić information content (AvgIpc) is 2.99. The topological polar surface area (TPSA) is 80.3 Å². The molecule has 1 atom stereocenters. The Balaban J connectivity index is 1.45. The third kappa shape index (κ3) is 5.20. The van der Waals surface area contributed by atoms with Crippen LogP contribution in [0.1, 0.15) is 18.0 Å². The monoisotopic (exact) mass is 439 g/mol. The van der Waals surface area contributed by atoms with E-state index in [0.29, 0.717) is 37.8 Å². The Labute approximate surface area is 188 Å². The number of methoxy groups -OCH3 is 1. The summed E-state index contributed by atoms with van der Waals surface area (Å²) in [4.78, 5) is 29.3. The molecule has 2 aliphatic heterocycles. The number of rotatable bonds is 7. The molecule has 0 spiro atoms. The molecule has 2 aromatic rings. The lowest BCUT2D eigenvalue weighted by molar-refractivity contribution is -0.124. The fourth-order valence-electron chi connectivity index (χ4n) is 4.08. The molecule has 8 heteroatoms. The van der Waals surface area contributed by atoms with Crippen LogP contribution >= 0.6 is 0 Å². The van der Waals surface area contributed by atoms with E-state index < -0.39 is 0 Å². The van der Waals surface area contributed by atoms with Crippen molar-refractivity contribution in [2.24, 2.45) is 0 Å². The summed E-state index contributed by atoms with van der Waals surface area (Å²) in [5.74, 6) is 1.08. The molecule has 0 saturated carbocycles. The summed E-state index contributed by atoms with van der Waals surface area (Å²) < 4.78 is 16.4. The molecule has 0 radical (unpaired) electrons. The highest BCUT2D eigenvalue weighted by molar-refractivity contribution is 6.00. The van der Waals surface area contributed by atoms with Crippen LogP contribution in [-0.4, -0.2) is 69.8 Å². The van der Waals surface area contributed by atoms with Crippen molar-refractivity contribution in [3.8, 4) is 11.5 Å². The molecule has 0 aliphatic carbocycles. The number of morpholine rings is 1. The third-order valence-corrected chi connectivity index (χ3v) is 5.81. The Hall–Kier alpha value is -3.10. The van der Waals surface area contributed by atoms with Crippen LogP contribution < -0.4 is 19.7 Å². The largest absolute Gasteiger partial charge is 0.497 e. The molecular formula is C24H29N3O5. The maximum absolute atomic E-state index is 12.9. The molecule has 2 aliphatic rings. The minimum Gasteiger partial charge on any atom is -0.497 e. The first-order valence-corrected chi connectivity index (χ1v) is 10.9. The van der Waals surface area contributed by atoms with Crippen LogP contribution in [0, 0.1) is 0 Å². The molecule has 4 rings (SSSR count). The summed E-state index contributed by atoms with van der Waals surface area (Å²) in [6.07, 6.45) is 0.240. The zero-order valence-corrected chi connectivity index (χ0v) is 18.3. The SMILES string of the molecule is COc1ccc(C(CNC(=O)CN2C(=O)CCOc3ccccc32)N2CCOCC2)cc1. The van der Waals surface area contributed by atoms with E-state index in [9.17, 15) is 9.59 Å². The van der Waals surface area contributed by atoms with E-state index in [1.54, 1.807) is 13.2 Å². The van der Waals surface area contributed by atoms with Crippen molar-refractivity contribution in [3.63, 3.8) is 0 Å². The molecule has 0 aromatic heterocycles. The Kier molecular flexibility index (Phi) is 7.24. The van der Waals surface area contributed by atoms with E-state index in [0.717, 1.165) is 24.4 Å². The van der Waals surface area contributed by atoms with Crippen LogP contribution in [-0.2, 0) is 14.3 Å². The number of fused-ring (bicyclic) bond motifs is 1. The maximum atomic E-state index is 12.9. The molecule has 0 bridgehead atoms. The van der Waals surface area contributed by atoms with Gasteiger partial charge in [0.05, 0.1) is 45.1 Å². The fourth-order valence-corrected chi connectivity index (χ4v) is 4.08. The third-order valence-electron chi connectivity index (χ3n) is 5.81. The summed E-state index contributed by atoms with van der Waals surface area (Å²) in [7, 11) is 1.64. The van der Waals surface area contributed by atoms with Gasteiger partial charge >= 0.3 is 0 Å². The van der Waals surface area contributed by atoms with E-state index in [4.69, 9.17) is 14.2 Å². The van der Waals surface area contributed by atoms with Gasteiger partial charge in [-0.3, -0.25) is 19.4 Å². The minimum absolute atomic E-state index is 0.00390. The Morgan fingerprint density at radius 1 is 1.09 bits per heavy atom. The van der Waals surface area contributed by atoms with Gasteiger partial charge in [-0.15, -0.1) is 0 Å². The first-order chi connectivity index (χ1) is 15.7. The molecule has 32 heavy (non-hydrogen) atoms. The number of hydrogen-bond acceptors (Lipinski definition) is 6. The molecule has 170 valence electrons. The lowest BCUT2D eigenvalue weighted by atomic mass is 10.0. The van der Waals surface area contributed by atoms with E-state index in [2.05, 4.69) is 10.2 Å². The highest BCUT2D eigenvalue weighted by Crippen LogP contribution is 2.30. The highest BCUT2D eigenvalue weighted by Gasteiger charge is 2.27. The molecule has 2 heterocycles. The van der Waals surface area contributed by atoms with Crippen LogP contribution in [0.5, 0.6) is 11.5 Å². The van der Waals surface area contributed by atoms with Gasteiger partial charge in [-0.1, -0.05) is 24.3 Å². The van der Waals surface area contributed by atoms with Crippen molar-refractivity contribution >= 4 is 17.5 Å². The van der Waals surface area contributed by atoms with Gasteiger partial charge in [0, 0.05) is 19.6 Å². The molecule has 1 fully saturated rings. The number of nitrogens with zero attached hydrogens (tertiary/aromatic N) is 2. The maximum Gasteiger partial charge on any atom is 0.240 e. The lowest BCUT2D eigenvalue weighted by Crippen LogP contribution is -2.46. The first kappa shape index (κ1) is 22.1. The second-order valence-electron chi connectivity index (χ2n) is 7.79. The van der Waals surface area contributed by atoms with E-state index >= 15 is 0 Å². The van der Waals surface area contributed by atoms with Gasteiger partial charge in [0.1, 0.15) is 18.0 Å². The highest BCUT2D eigenvalue weighted by atomic mass is 16.5. The zero-order valence-electron chi connectivity index (χ0n) is 18.3. The van der Waals surface area contributed by atoms with Crippen molar-refractivity contribution < 1.29 is 23.8 Å². The first-order valence-electron chi connectivity index (χ1n) is 10.9. The normalized spacial score (nSPS) is 17.7. The Morgan fingerprint density at radius 3 is 2.59 bits per heavy atom. The van der Waals surface area contributed by atoms with Gasteiger partial charge < -0.3 is 19.5 Å². The van der Waals surface area contributed by atoms with Gasteiger partial charge in [0.15, 0.2) is 0 Å². The van der Waals surface area contributed by atoms with Crippen LogP contribution in [0.25, 0.3) is 0 Å². The number of anilines is 1. The van der Waals surface area contributed by atoms with Gasteiger partial charge in [0.2, 0.25) is 11.8 Å². The van der Waals surface area contributed by atoms with Crippen LogP contribution in [0.15, 0.2) is 48.5 Å². The molecule has 2 amide bonds. The van der Waals surface area contributed by atoms with E-state index in [1.807, 2.05) is 42.5 Å². The molecular weight excluding hydrogens is 410 g/mol. The molecule has 1 N–H and O–H groups in total. The van der Waals surface area contributed by atoms with Crippen molar-refractivity contribution in [2.45, 2.75) is 12.5 Å². The molecule has 2 aromatic carbocycles. The number of nitrogens with one attached hydrogen (secondary N) is 1. The molecule has 8 nitrogen and oxygen atoms in total. The molecule has 1 unspecified atom stereocenters. The minimum atomic E-state index is -0.207. The van der Waals surface area contributed by atoms with Crippen LogP contribution in [0.4, 0.5) is 5.69 Å². The predicted octanol–water partition coefficient (Wildman–Crippen LogP) is 2.00. The summed E-state index contributed by atoms with van der Waals surface area (Å²) >= 11 is 0.